The van der Waals surface area contributed by atoms with Gasteiger partial charge in [0.2, 0.25) is 0 Å². The Labute approximate surface area is 122 Å². The van der Waals surface area contributed by atoms with E-state index in [2.05, 4.69) is 37.0 Å². The average Bonchev–Trinajstić information content (AvgIpc) is 2.84. The summed E-state index contributed by atoms with van der Waals surface area (Å²) in [6.45, 7) is 4.11. The van der Waals surface area contributed by atoms with Gasteiger partial charge in [0, 0.05) is 18.2 Å². The molecule has 0 saturated heterocycles. The number of hydrogen-bond donors (Lipinski definition) is 0. The summed E-state index contributed by atoms with van der Waals surface area (Å²) in [5, 5.41) is 2.00. The Hall–Kier alpha value is -2.00. The standard InChI is InChI=1S/C17H15NOS/c1-11-5-12(2)7-13(6-11)8-16(19)14-9-17-15(18-10-14)3-4-20-17/h3-7,9-10H,8H2,1-2H3. The van der Waals surface area contributed by atoms with Gasteiger partial charge in [-0.05, 0) is 36.9 Å². The van der Waals surface area contributed by atoms with Gasteiger partial charge in [0.05, 0.1) is 10.2 Å². The minimum absolute atomic E-state index is 0.123. The van der Waals surface area contributed by atoms with E-state index in [1.54, 1.807) is 17.5 Å². The van der Waals surface area contributed by atoms with Crippen molar-refractivity contribution in [3.63, 3.8) is 0 Å². The number of benzene rings is 1. The van der Waals surface area contributed by atoms with Crippen LogP contribution in [0.2, 0.25) is 0 Å². The molecule has 0 N–H and O–H groups in total. The molecule has 0 aliphatic heterocycles. The third kappa shape index (κ3) is 2.63. The Kier molecular flexibility index (Phi) is 3.36. The molecule has 3 aromatic rings. The van der Waals surface area contributed by atoms with Gasteiger partial charge in [-0.3, -0.25) is 9.78 Å². The van der Waals surface area contributed by atoms with Crippen molar-refractivity contribution in [2.24, 2.45) is 0 Å². The second-order valence-electron chi connectivity index (χ2n) is 5.12. The lowest BCUT2D eigenvalue weighted by atomic mass is 10.0. The molecule has 3 heteroatoms. The molecule has 0 atom stereocenters. The first-order valence-corrected chi connectivity index (χ1v) is 7.43. The van der Waals surface area contributed by atoms with E-state index in [1.165, 1.54) is 11.1 Å². The highest BCUT2D eigenvalue weighted by molar-refractivity contribution is 7.17. The fraction of sp³-hybridized carbons (Fsp3) is 0.176. The van der Waals surface area contributed by atoms with Crippen LogP contribution in [0, 0.1) is 13.8 Å². The van der Waals surface area contributed by atoms with E-state index in [9.17, 15) is 4.79 Å². The molecule has 0 unspecified atom stereocenters. The first-order valence-electron chi connectivity index (χ1n) is 6.55. The van der Waals surface area contributed by atoms with Crippen molar-refractivity contribution < 1.29 is 4.79 Å². The van der Waals surface area contributed by atoms with Crippen LogP contribution in [0.15, 0.2) is 41.9 Å². The molecule has 1 aromatic carbocycles. The monoisotopic (exact) mass is 281 g/mol. The molecule has 100 valence electrons. The van der Waals surface area contributed by atoms with E-state index in [-0.39, 0.29) is 5.78 Å². The van der Waals surface area contributed by atoms with Crippen molar-refractivity contribution in [2.45, 2.75) is 20.3 Å². The summed E-state index contributed by atoms with van der Waals surface area (Å²) in [5.41, 5.74) is 5.11. The van der Waals surface area contributed by atoms with E-state index in [1.807, 2.05) is 17.5 Å². The molecule has 2 aromatic heterocycles. The van der Waals surface area contributed by atoms with Crippen LogP contribution in [0.1, 0.15) is 27.0 Å². The quantitative estimate of drug-likeness (QED) is 0.668. The number of Topliss-reactive ketones (excluding diaryl/α,β-unsaturated/α-hetero) is 1. The Morgan fingerprint density at radius 2 is 1.90 bits per heavy atom. The van der Waals surface area contributed by atoms with Crippen molar-refractivity contribution in [2.75, 3.05) is 0 Å². The fourth-order valence-corrected chi connectivity index (χ4v) is 3.24. The molecule has 2 nitrogen and oxygen atoms in total. The van der Waals surface area contributed by atoms with Gasteiger partial charge in [-0.1, -0.05) is 29.3 Å². The molecule has 0 aliphatic carbocycles. The van der Waals surface area contributed by atoms with Crippen LogP contribution in [0.4, 0.5) is 0 Å². The first-order chi connectivity index (χ1) is 9.61. The van der Waals surface area contributed by atoms with Crippen LogP contribution in [-0.4, -0.2) is 10.8 Å². The Morgan fingerprint density at radius 3 is 2.65 bits per heavy atom. The average molecular weight is 281 g/mol. The highest BCUT2D eigenvalue weighted by Crippen LogP contribution is 2.20. The number of fused-ring (bicyclic) bond motifs is 1. The summed E-state index contributed by atoms with van der Waals surface area (Å²) < 4.78 is 1.07. The molecule has 2 heterocycles. The SMILES string of the molecule is Cc1cc(C)cc(CC(=O)c2cnc3ccsc3c2)c1. The lowest BCUT2D eigenvalue weighted by Gasteiger charge is -2.05. The fourth-order valence-electron chi connectivity index (χ4n) is 2.46. The summed E-state index contributed by atoms with van der Waals surface area (Å²) >= 11 is 1.62. The Bertz CT molecular complexity index is 768. The summed E-state index contributed by atoms with van der Waals surface area (Å²) in [5.74, 6) is 0.123. The number of hydrogen-bond acceptors (Lipinski definition) is 3. The topological polar surface area (TPSA) is 30.0 Å². The third-order valence-corrected chi connectivity index (χ3v) is 4.12. The number of carbonyl (C=O) groups is 1. The van der Waals surface area contributed by atoms with E-state index in [4.69, 9.17) is 0 Å². The summed E-state index contributed by atoms with van der Waals surface area (Å²) in [6, 6.07) is 10.2. The van der Waals surface area contributed by atoms with Crippen molar-refractivity contribution >= 4 is 27.3 Å². The number of pyridine rings is 1. The van der Waals surface area contributed by atoms with Gasteiger partial charge >= 0.3 is 0 Å². The molecule has 0 fully saturated rings. The van der Waals surface area contributed by atoms with Crippen LogP contribution in [0.25, 0.3) is 10.2 Å². The highest BCUT2D eigenvalue weighted by Gasteiger charge is 2.09. The number of rotatable bonds is 3. The van der Waals surface area contributed by atoms with Crippen LogP contribution < -0.4 is 0 Å². The van der Waals surface area contributed by atoms with Crippen LogP contribution in [0.5, 0.6) is 0 Å². The highest BCUT2D eigenvalue weighted by atomic mass is 32.1. The third-order valence-electron chi connectivity index (χ3n) is 3.27. The summed E-state index contributed by atoms with van der Waals surface area (Å²) in [7, 11) is 0. The van der Waals surface area contributed by atoms with E-state index >= 15 is 0 Å². The number of carbonyl (C=O) groups excluding carboxylic acids is 1. The molecule has 3 rings (SSSR count). The van der Waals surface area contributed by atoms with Gasteiger partial charge in [-0.15, -0.1) is 11.3 Å². The van der Waals surface area contributed by atoms with E-state index in [0.717, 1.165) is 15.8 Å². The zero-order chi connectivity index (χ0) is 14.1. The number of aromatic nitrogens is 1. The van der Waals surface area contributed by atoms with Gasteiger partial charge in [0.15, 0.2) is 5.78 Å². The van der Waals surface area contributed by atoms with Crippen LogP contribution >= 0.6 is 11.3 Å². The van der Waals surface area contributed by atoms with E-state index < -0.39 is 0 Å². The number of ketones is 1. The zero-order valence-corrected chi connectivity index (χ0v) is 12.3. The molecular formula is C17H15NOS. The van der Waals surface area contributed by atoms with Crippen molar-refractivity contribution in [3.05, 3.63) is 64.2 Å². The first kappa shape index (κ1) is 13.0. The second kappa shape index (κ2) is 5.17. The maximum absolute atomic E-state index is 12.4. The molecule has 0 aliphatic rings. The van der Waals surface area contributed by atoms with Gasteiger partial charge in [-0.25, -0.2) is 0 Å². The van der Waals surface area contributed by atoms with E-state index in [0.29, 0.717) is 12.0 Å². The van der Waals surface area contributed by atoms with Crippen LogP contribution in [0.3, 0.4) is 0 Å². The number of aryl methyl sites for hydroxylation is 2. The van der Waals surface area contributed by atoms with Gasteiger partial charge < -0.3 is 0 Å². The molecule has 0 amide bonds. The molecular weight excluding hydrogens is 266 g/mol. The normalized spacial score (nSPS) is 10.9. The molecule has 0 spiro atoms. The maximum atomic E-state index is 12.4. The Balaban J connectivity index is 1.88. The lowest BCUT2D eigenvalue weighted by molar-refractivity contribution is 0.0993. The molecule has 20 heavy (non-hydrogen) atoms. The summed E-state index contributed by atoms with van der Waals surface area (Å²) in [4.78, 5) is 16.7. The molecule has 0 radical (unpaired) electrons. The largest absolute Gasteiger partial charge is 0.294 e. The predicted molar refractivity (Wildman–Crippen MR) is 83.6 cm³/mol. The smallest absolute Gasteiger partial charge is 0.168 e. The lowest BCUT2D eigenvalue weighted by Crippen LogP contribution is -2.04. The summed E-state index contributed by atoms with van der Waals surface area (Å²) in [6.07, 6.45) is 2.11. The van der Waals surface area contributed by atoms with Crippen LogP contribution in [-0.2, 0) is 6.42 Å². The van der Waals surface area contributed by atoms with Gasteiger partial charge in [-0.2, -0.15) is 0 Å². The minimum Gasteiger partial charge on any atom is -0.294 e. The number of nitrogens with zero attached hydrogens (tertiary/aromatic N) is 1. The second-order valence-corrected chi connectivity index (χ2v) is 6.07. The predicted octanol–water partition coefficient (Wildman–Crippen LogP) is 4.34. The minimum atomic E-state index is 0.123. The van der Waals surface area contributed by atoms with Crippen molar-refractivity contribution in [1.82, 2.24) is 4.98 Å². The number of thiophene rings is 1. The van der Waals surface area contributed by atoms with Gasteiger partial charge in [0.25, 0.3) is 0 Å². The molecule has 0 bridgehead atoms. The van der Waals surface area contributed by atoms with Gasteiger partial charge in [0.1, 0.15) is 0 Å². The maximum Gasteiger partial charge on any atom is 0.168 e. The Morgan fingerprint density at radius 1 is 1.15 bits per heavy atom. The van der Waals surface area contributed by atoms with Crippen molar-refractivity contribution in [3.8, 4) is 0 Å². The molecule has 0 saturated carbocycles. The van der Waals surface area contributed by atoms with Crippen molar-refractivity contribution in [1.29, 1.82) is 0 Å². The zero-order valence-electron chi connectivity index (χ0n) is 11.5.